The second-order valence-corrected chi connectivity index (χ2v) is 5.96. The average Bonchev–Trinajstić information content (AvgIpc) is 2.38. The quantitative estimate of drug-likeness (QED) is 0.788. The number of nitrogens with zero attached hydrogens (tertiary/aromatic N) is 2. The molecule has 1 aromatic heterocycles. The highest BCUT2D eigenvalue weighted by Gasteiger charge is 2.24. The van der Waals surface area contributed by atoms with E-state index in [1.54, 1.807) is 12.1 Å². The van der Waals surface area contributed by atoms with E-state index in [0.29, 0.717) is 17.9 Å². The Morgan fingerprint density at radius 1 is 1.37 bits per heavy atom. The van der Waals surface area contributed by atoms with Gasteiger partial charge in [0.1, 0.15) is 5.69 Å². The van der Waals surface area contributed by atoms with Crippen molar-refractivity contribution in [3.05, 3.63) is 35.7 Å². The van der Waals surface area contributed by atoms with Crippen LogP contribution in [0.1, 0.15) is 37.7 Å². The van der Waals surface area contributed by atoms with Crippen LogP contribution in [0.4, 0.5) is 5.69 Å². The number of anilines is 1. The van der Waals surface area contributed by atoms with Crippen molar-refractivity contribution in [2.45, 2.75) is 27.2 Å². The molecule has 2 heterocycles. The minimum absolute atomic E-state index is 0.0239. The fourth-order valence-corrected chi connectivity index (χ4v) is 2.23. The number of hydrogen-bond donors (Lipinski definition) is 1. The number of carbonyl (C=O) groups is 1. The highest BCUT2D eigenvalue weighted by Crippen LogP contribution is 2.30. The van der Waals surface area contributed by atoms with Crippen molar-refractivity contribution >= 4 is 11.6 Å². The smallest absolute Gasteiger partial charge is 0.272 e. The summed E-state index contributed by atoms with van der Waals surface area (Å²) in [5.74, 6) is -0.0239. The monoisotopic (exact) mass is 259 g/mol. The Morgan fingerprint density at radius 3 is 2.58 bits per heavy atom. The highest BCUT2D eigenvalue weighted by molar-refractivity contribution is 5.92. The molecule has 0 spiro atoms. The lowest BCUT2D eigenvalue weighted by molar-refractivity contribution is 0.0759. The van der Waals surface area contributed by atoms with Crippen LogP contribution in [0.5, 0.6) is 0 Å². The minimum Gasteiger partial charge on any atom is -0.397 e. The largest absolute Gasteiger partial charge is 0.397 e. The summed E-state index contributed by atoms with van der Waals surface area (Å²) < 4.78 is 0. The van der Waals surface area contributed by atoms with Crippen molar-refractivity contribution in [2.24, 2.45) is 5.41 Å². The van der Waals surface area contributed by atoms with Gasteiger partial charge in [-0.25, -0.2) is 4.98 Å². The molecule has 0 saturated carbocycles. The first-order valence-electron chi connectivity index (χ1n) is 6.58. The summed E-state index contributed by atoms with van der Waals surface area (Å²) in [4.78, 5) is 18.2. The maximum Gasteiger partial charge on any atom is 0.272 e. The van der Waals surface area contributed by atoms with Crippen LogP contribution in [0.15, 0.2) is 30.0 Å². The van der Waals surface area contributed by atoms with Crippen molar-refractivity contribution in [1.29, 1.82) is 0 Å². The second-order valence-electron chi connectivity index (χ2n) is 5.96. The van der Waals surface area contributed by atoms with Crippen LogP contribution < -0.4 is 5.73 Å². The van der Waals surface area contributed by atoms with E-state index in [-0.39, 0.29) is 11.3 Å². The number of nitrogen functional groups attached to an aromatic ring is 1. The second kappa shape index (κ2) is 5.03. The maximum atomic E-state index is 12.3. The van der Waals surface area contributed by atoms with Gasteiger partial charge in [-0.15, -0.1) is 0 Å². The van der Waals surface area contributed by atoms with Crippen molar-refractivity contribution < 1.29 is 4.79 Å². The first-order chi connectivity index (χ1) is 8.88. The molecule has 102 valence electrons. The molecule has 0 saturated heterocycles. The fraction of sp³-hybridized carbons (Fsp3) is 0.467. The molecular weight excluding hydrogens is 238 g/mol. The Labute approximate surface area is 114 Å². The van der Waals surface area contributed by atoms with Gasteiger partial charge in [0.05, 0.1) is 11.9 Å². The van der Waals surface area contributed by atoms with Crippen LogP contribution in [0, 0.1) is 5.41 Å². The molecule has 2 rings (SSSR count). The Kier molecular flexibility index (Phi) is 3.60. The zero-order valence-corrected chi connectivity index (χ0v) is 11.8. The molecule has 2 N–H and O–H groups in total. The predicted molar refractivity (Wildman–Crippen MR) is 76.7 cm³/mol. The van der Waals surface area contributed by atoms with Crippen molar-refractivity contribution in [1.82, 2.24) is 9.88 Å². The molecule has 4 heteroatoms. The van der Waals surface area contributed by atoms with Crippen LogP contribution in [0.2, 0.25) is 0 Å². The molecule has 0 radical (unpaired) electrons. The molecule has 0 unspecified atom stereocenters. The maximum absolute atomic E-state index is 12.3. The molecule has 1 aliphatic heterocycles. The molecule has 19 heavy (non-hydrogen) atoms. The zero-order valence-electron chi connectivity index (χ0n) is 11.8. The lowest BCUT2D eigenvalue weighted by Gasteiger charge is -2.32. The van der Waals surface area contributed by atoms with E-state index in [0.717, 1.165) is 13.0 Å². The number of amides is 1. The Morgan fingerprint density at radius 2 is 2.11 bits per heavy atom. The summed E-state index contributed by atoms with van der Waals surface area (Å²) in [5, 5.41) is 0. The van der Waals surface area contributed by atoms with E-state index < -0.39 is 0 Å². The van der Waals surface area contributed by atoms with Crippen LogP contribution >= 0.6 is 0 Å². The number of aromatic nitrogens is 1. The molecule has 0 atom stereocenters. The van der Waals surface area contributed by atoms with Crippen LogP contribution in [-0.2, 0) is 0 Å². The molecule has 1 aromatic rings. The fourth-order valence-electron chi connectivity index (χ4n) is 2.23. The van der Waals surface area contributed by atoms with Crippen molar-refractivity contribution in [3.63, 3.8) is 0 Å². The van der Waals surface area contributed by atoms with Crippen molar-refractivity contribution in [3.8, 4) is 0 Å². The third-order valence-corrected chi connectivity index (χ3v) is 3.47. The summed E-state index contributed by atoms with van der Waals surface area (Å²) in [7, 11) is 0. The first-order valence-corrected chi connectivity index (χ1v) is 6.58. The van der Waals surface area contributed by atoms with E-state index in [1.165, 1.54) is 11.8 Å². The number of nitrogens with two attached hydrogens (primary N) is 1. The molecule has 1 aliphatic rings. The van der Waals surface area contributed by atoms with Gasteiger partial charge in [-0.2, -0.15) is 0 Å². The Balaban J connectivity index is 2.07. The molecule has 0 aromatic carbocycles. The van der Waals surface area contributed by atoms with Gasteiger partial charge in [0, 0.05) is 13.1 Å². The normalized spacial score (nSPS) is 16.2. The number of carbonyl (C=O) groups excluding carboxylic acids is 1. The molecule has 0 fully saturated rings. The lowest BCUT2D eigenvalue weighted by Crippen LogP contribution is -2.36. The van der Waals surface area contributed by atoms with E-state index in [2.05, 4.69) is 31.8 Å². The summed E-state index contributed by atoms with van der Waals surface area (Å²) >= 11 is 0. The van der Waals surface area contributed by atoms with Crippen molar-refractivity contribution in [2.75, 3.05) is 18.8 Å². The standard InChI is InChI=1S/C15H21N3O/c1-15(2,3)11-6-8-18(9-7-11)14(19)13-5-4-12(16)10-17-13/h4-6,10H,7-9,16H2,1-3H3. The molecule has 1 amide bonds. The molecule has 0 bridgehead atoms. The minimum atomic E-state index is -0.0239. The van der Waals surface area contributed by atoms with Gasteiger partial charge in [0.15, 0.2) is 0 Å². The van der Waals surface area contributed by atoms with Crippen LogP contribution in [0.3, 0.4) is 0 Å². The predicted octanol–water partition coefficient (Wildman–Crippen LogP) is 2.48. The zero-order chi connectivity index (χ0) is 14.0. The Bertz CT molecular complexity index is 497. The van der Waals surface area contributed by atoms with Gasteiger partial charge >= 0.3 is 0 Å². The van der Waals surface area contributed by atoms with Gasteiger partial charge < -0.3 is 10.6 Å². The third kappa shape index (κ3) is 3.13. The first kappa shape index (κ1) is 13.6. The van der Waals surface area contributed by atoms with Gasteiger partial charge in [-0.3, -0.25) is 4.79 Å². The van der Waals surface area contributed by atoms with Crippen LogP contribution in [-0.4, -0.2) is 28.9 Å². The van der Waals surface area contributed by atoms with Crippen LogP contribution in [0.25, 0.3) is 0 Å². The highest BCUT2D eigenvalue weighted by atomic mass is 16.2. The van der Waals surface area contributed by atoms with E-state index in [1.807, 2.05) is 4.90 Å². The molecular formula is C15H21N3O. The molecule has 4 nitrogen and oxygen atoms in total. The summed E-state index contributed by atoms with van der Waals surface area (Å²) in [6.07, 6.45) is 4.62. The number of rotatable bonds is 1. The average molecular weight is 259 g/mol. The lowest BCUT2D eigenvalue weighted by atomic mass is 9.83. The van der Waals surface area contributed by atoms with Gasteiger partial charge in [0.25, 0.3) is 5.91 Å². The summed E-state index contributed by atoms with van der Waals surface area (Å²) in [6, 6.07) is 3.39. The van der Waals surface area contributed by atoms with Gasteiger partial charge in [0.2, 0.25) is 0 Å². The molecule has 0 aliphatic carbocycles. The third-order valence-electron chi connectivity index (χ3n) is 3.47. The summed E-state index contributed by atoms with van der Waals surface area (Å²) in [5.41, 5.74) is 8.22. The topological polar surface area (TPSA) is 59.2 Å². The van der Waals surface area contributed by atoms with Gasteiger partial charge in [-0.05, 0) is 24.0 Å². The van der Waals surface area contributed by atoms with Gasteiger partial charge in [-0.1, -0.05) is 32.4 Å². The summed E-state index contributed by atoms with van der Waals surface area (Å²) in [6.45, 7) is 8.04. The number of pyridine rings is 1. The Hall–Kier alpha value is -1.84. The van der Waals surface area contributed by atoms with E-state index >= 15 is 0 Å². The van der Waals surface area contributed by atoms with E-state index in [4.69, 9.17) is 5.73 Å². The SMILES string of the molecule is CC(C)(C)C1=CCN(C(=O)c2ccc(N)cn2)CC1. The van der Waals surface area contributed by atoms with E-state index in [9.17, 15) is 4.79 Å². The number of hydrogen-bond acceptors (Lipinski definition) is 3.